The number of hydrogen-bond acceptors (Lipinski definition) is 4. The monoisotopic (exact) mass is 237 g/mol. The number of nitrogens with zero attached hydrogens (tertiary/aromatic N) is 2. The Bertz CT molecular complexity index is 350. The molecule has 1 aromatic heterocycles. The van der Waals surface area contributed by atoms with Crippen molar-refractivity contribution in [1.82, 2.24) is 15.5 Å². The van der Waals surface area contributed by atoms with Crippen molar-refractivity contribution in [3.05, 3.63) is 11.7 Å². The van der Waals surface area contributed by atoms with Crippen LogP contribution >= 0.6 is 0 Å². The van der Waals surface area contributed by atoms with Gasteiger partial charge in [0.2, 0.25) is 5.89 Å². The molecule has 1 fully saturated rings. The standard InChI is InChI=1S/C13H23N3O/c1-9-4-5-10(2)12(8-9)14-7-6-13-15-11(3)16-17-13/h9-10,12,14H,4-8H2,1-3H3. The molecule has 0 spiro atoms. The first-order valence-electron chi connectivity index (χ1n) is 6.67. The molecule has 0 amide bonds. The van der Waals surface area contributed by atoms with E-state index in [1.54, 1.807) is 0 Å². The van der Waals surface area contributed by atoms with Gasteiger partial charge in [0.25, 0.3) is 0 Å². The van der Waals surface area contributed by atoms with Crippen LogP contribution in [0.1, 0.15) is 44.8 Å². The van der Waals surface area contributed by atoms with Gasteiger partial charge in [-0.25, -0.2) is 0 Å². The molecule has 1 heterocycles. The number of rotatable bonds is 4. The van der Waals surface area contributed by atoms with Crippen molar-refractivity contribution < 1.29 is 4.52 Å². The molecule has 3 atom stereocenters. The molecule has 1 saturated carbocycles. The molecular formula is C13H23N3O. The van der Waals surface area contributed by atoms with Crippen LogP contribution in [0.5, 0.6) is 0 Å². The van der Waals surface area contributed by atoms with Crippen LogP contribution in [0.15, 0.2) is 4.52 Å². The van der Waals surface area contributed by atoms with E-state index in [4.69, 9.17) is 4.52 Å². The van der Waals surface area contributed by atoms with Gasteiger partial charge in [-0.05, 0) is 31.6 Å². The zero-order valence-electron chi connectivity index (χ0n) is 11.1. The minimum atomic E-state index is 0.655. The van der Waals surface area contributed by atoms with Gasteiger partial charge < -0.3 is 9.84 Å². The summed E-state index contributed by atoms with van der Waals surface area (Å²) < 4.78 is 5.10. The second kappa shape index (κ2) is 5.63. The van der Waals surface area contributed by atoms with Gasteiger partial charge in [-0.2, -0.15) is 4.98 Å². The summed E-state index contributed by atoms with van der Waals surface area (Å²) in [7, 11) is 0. The Morgan fingerprint density at radius 3 is 2.88 bits per heavy atom. The van der Waals surface area contributed by atoms with Crippen LogP contribution in [-0.4, -0.2) is 22.7 Å². The Kier molecular flexibility index (Phi) is 4.15. The van der Waals surface area contributed by atoms with E-state index >= 15 is 0 Å². The van der Waals surface area contributed by atoms with E-state index < -0.39 is 0 Å². The van der Waals surface area contributed by atoms with E-state index in [1.807, 2.05) is 6.92 Å². The molecule has 1 aliphatic rings. The first-order chi connectivity index (χ1) is 8.15. The summed E-state index contributed by atoms with van der Waals surface area (Å²) in [6, 6.07) is 0.655. The minimum Gasteiger partial charge on any atom is -0.339 e. The van der Waals surface area contributed by atoms with Crippen molar-refractivity contribution >= 4 is 0 Å². The van der Waals surface area contributed by atoms with Crippen LogP contribution in [0.3, 0.4) is 0 Å². The smallest absolute Gasteiger partial charge is 0.227 e. The molecule has 0 aromatic carbocycles. The van der Waals surface area contributed by atoms with Gasteiger partial charge in [-0.15, -0.1) is 0 Å². The zero-order valence-corrected chi connectivity index (χ0v) is 11.1. The highest BCUT2D eigenvalue weighted by molar-refractivity contribution is 4.86. The molecule has 4 heteroatoms. The van der Waals surface area contributed by atoms with Crippen molar-refractivity contribution in [2.24, 2.45) is 11.8 Å². The summed E-state index contributed by atoms with van der Waals surface area (Å²) in [5, 5.41) is 7.43. The predicted molar refractivity (Wildman–Crippen MR) is 66.7 cm³/mol. The van der Waals surface area contributed by atoms with Gasteiger partial charge >= 0.3 is 0 Å². The second-order valence-electron chi connectivity index (χ2n) is 5.44. The Labute approximate surface area is 103 Å². The third kappa shape index (κ3) is 3.53. The van der Waals surface area contributed by atoms with Gasteiger partial charge in [0.05, 0.1) is 0 Å². The summed E-state index contributed by atoms with van der Waals surface area (Å²) in [6.45, 7) is 7.48. The molecule has 0 radical (unpaired) electrons. The summed E-state index contributed by atoms with van der Waals surface area (Å²) in [6.07, 6.45) is 4.85. The Morgan fingerprint density at radius 2 is 2.18 bits per heavy atom. The fourth-order valence-corrected chi connectivity index (χ4v) is 2.62. The summed E-state index contributed by atoms with van der Waals surface area (Å²) in [4.78, 5) is 4.21. The Balaban J connectivity index is 1.74. The summed E-state index contributed by atoms with van der Waals surface area (Å²) in [5.41, 5.74) is 0. The summed E-state index contributed by atoms with van der Waals surface area (Å²) >= 11 is 0. The lowest BCUT2D eigenvalue weighted by Gasteiger charge is -2.33. The number of hydrogen-bond donors (Lipinski definition) is 1. The van der Waals surface area contributed by atoms with Gasteiger partial charge in [-0.3, -0.25) is 0 Å². The van der Waals surface area contributed by atoms with Gasteiger partial charge in [0.15, 0.2) is 5.82 Å². The molecular weight excluding hydrogens is 214 g/mol. The van der Waals surface area contributed by atoms with Crippen molar-refractivity contribution in [3.8, 4) is 0 Å². The third-order valence-corrected chi connectivity index (χ3v) is 3.77. The van der Waals surface area contributed by atoms with E-state index in [9.17, 15) is 0 Å². The molecule has 1 aliphatic carbocycles. The molecule has 3 unspecified atom stereocenters. The Hall–Kier alpha value is -0.900. The lowest BCUT2D eigenvalue weighted by Crippen LogP contribution is -2.40. The largest absolute Gasteiger partial charge is 0.339 e. The average molecular weight is 237 g/mol. The van der Waals surface area contributed by atoms with E-state index in [-0.39, 0.29) is 0 Å². The van der Waals surface area contributed by atoms with Gasteiger partial charge in [-0.1, -0.05) is 25.4 Å². The van der Waals surface area contributed by atoms with Crippen molar-refractivity contribution in [2.75, 3.05) is 6.54 Å². The van der Waals surface area contributed by atoms with Crippen LogP contribution in [-0.2, 0) is 6.42 Å². The highest BCUT2D eigenvalue weighted by Gasteiger charge is 2.24. The lowest BCUT2D eigenvalue weighted by molar-refractivity contribution is 0.228. The fourth-order valence-electron chi connectivity index (χ4n) is 2.62. The molecule has 0 aliphatic heterocycles. The molecule has 1 N–H and O–H groups in total. The second-order valence-corrected chi connectivity index (χ2v) is 5.44. The molecule has 96 valence electrons. The quantitative estimate of drug-likeness (QED) is 0.873. The van der Waals surface area contributed by atoms with Crippen LogP contribution in [0.4, 0.5) is 0 Å². The predicted octanol–water partition coefficient (Wildman–Crippen LogP) is 2.33. The highest BCUT2D eigenvalue weighted by atomic mass is 16.5. The molecule has 17 heavy (non-hydrogen) atoms. The number of aryl methyl sites for hydroxylation is 1. The van der Waals surface area contributed by atoms with E-state index in [1.165, 1.54) is 19.3 Å². The zero-order chi connectivity index (χ0) is 12.3. The maximum absolute atomic E-state index is 5.10. The highest BCUT2D eigenvalue weighted by Crippen LogP contribution is 2.28. The number of aromatic nitrogens is 2. The number of nitrogens with one attached hydrogen (secondary N) is 1. The van der Waals surface area contributed by atoms with Crippen LogP contribution in [0.25, 0.3) is 0 Å². The topological polar surface area (TPSA) is 51.0 Å². The van der Waals surface area contributed by atoms with E-state index in [0.717, 1.165) is 36.5 Å². The minimum absolute atomic E-state index is 0.655. The van der Waals surface area contributed by atoms with E-state index in [0.29, 0.717) is 6.04 Å². The lowest BCUT2D eigenvalue weighted by atomic mass is 9.80. The fraction of sp³-hybridized carbons (Fsp3) is 0.846. The molecule has 1 aromatic rings. The normalized spacial score (nSPS) is 29.5. The maximum Gasteiger partial charge on any atom is 0.227 e. The third-order valence-electron chi connectivity index (χ3n) is 3.77. The van der Waals surface area contributed by atoms with Gasteiger partial charge in [0.1, 0.15) is 0 Å². The summed E-state index contributed by atoms with van der Waals surface area (Å²) in [5.74, 6) is 3.11. The average Bonchev–Trinajstić information content (AvgIpc) is 2.69. The van der Waals surface area contributed by atoms with Crippen molar-refractivity contribution in [2.45, 2.75) is 52.5 Å². The first-order valence-corrected chi connectivity index (χ1v) is 6.67. The molecule has 2 rings (SSSR count). The van der Waals surface area contributed by atoms with Crippen molar-refractivity contribution in [1.29, 1.82) is 0 Å². The molecule has 4 nitrogen and oxygen atoms in total. The molecule has 0 bridgehead atoms. The molecule has 0 saturated heterocycles. The van der Waals surface area contributed by atoms with Crippen LogP contribution in [0, 0.1) is 18.8 Å². The maximum atomic E-state index is 5.10. The van der Waals surface area contributed by atoms with E-state index in [2.05, 4.69) is 29.3 Å². The van der Waals surface area contributed by atoms with Gasteiger partial charge in [0, 0.05) is 19.0 Å². The SMILES string of the molecule is Cc1noc(CCNC2CC(C)CCC2C)n1. The van der Waals surface area contributed by atoms with Crippen LogP contribution < -0.4 is 5.32 Å². The van der Waals surface area contributed by atoms with Crippen LogP contribution in [0.2, 0.25) is 0 Å². The Morgan fingerprint density at radius 1 is 1.35 bits per heavy atom. The van der Waals surface area contributed by atoms with Crippen molar-refractivity contribution in [3.63, 3.8) is 0 Å². The first kappa shape index (κ1) is 12.6.